The molecule has 1 amide bonds. The zero-order chi connectivity index (χ0) is 17.8. The molecular formula is C21H17NO2S2. The van der Waals surface area contributed by atoms with Gasteiger partial charge in [-0.15, -0.1) is 11.3 Å². The van der Waals surface area contributed by atoms with Crippen LogP contribution < -0.4 is 0 Å². The number of hydrogen-bond acceptors (Lipinski definition) is 4. The Balaban J connectivity index is 1.56. The predicted molar refractivity (Wildman–Crippen MR) is 106 cm³/mol. The zero-order valence-electron chi connectivity index (χ0n) is 14.0. The van der Waals surface area contributed by atoms with Gasteiger partial charge < -0.3 is 9.32 Å². The Kier molecular flexibility index (Phi) is 5.00. The molecule has 4 aromatic rings. The molecule has 0 fully saturated rings. The Bertz CT molecular complexity index is 904. The van der Waals surface area contributed by atoms with Gasteiger partial charge >= 0.3 is 0 Å². The predicted octanol–water partition coefficient (Wildman–Crippen LogP) is 5.91. The lowest BCUT2D eigenvalue weighted by molar-refractivity contribution is 0.0731. The van der Waals surface area contributed by atoms with Crippen molar-refractivity contribution in [2.45, 2.75) is 13.1 Å². The number of rotatable bonds is 6. The summed E-state index contributed by atoms with van der Waals surface area (Å²) >= 11 is 3.33. The van der Waals surface area contributed by atoms with Crippen molar-refractivity contribution >= 4 is 28.6 Å². The summed E-state index contributed by atoms with van der Waals surface area (Å²) in [6.07, 6.45) is 3.33. The second-order valence-corrected chi connectivity index (χ2v) is 7.77. The highest BCUT2D eigenvalue weighted by Gasteiger charge is 2.18. The van der Waals surface area contributed by atoms with Crippen LogP contribution in [0.1, 0.15) is 20.8 Å². The standard InChI is InChI=1S/C21H17NO2S2/c23-21(18-5-3-17(4-6-18)19-8-11-25-15-19)22(12-16-7-9-24-14-16)13-20-2-1-10-26-20/h1-11,14-15H,12-13H2. The van der Waals surface area contributed by atoms with E-state index < -0.39 is 0 Å². The lowest BCUT2D eigenvalue weighted by Gasteiger charge is -2.22. The molecule has 4 rings (SSSR count). The van der Waals surface area contributed by atoms with Crippen molar-refractivity contribution in [1.82, 2.24) is 4.90 Å². The molecule has 0 N–H and O–H groups in total. The van der Waals surface area contributed by atoms with Crippen molar-refractivity contribution in [2.24, 2.45) is 0 Å². The third-order valence-electron chi connectivity index (χ3n) is 4.15. The largest absolute Gasteiger partial charge is 0.472 e. The first-order chi connectivity index (χ1) is 12.8. The lowest BCUT2D eigenvalue weighted by atomic mass is 10.1. The van der Waals surface area contributed by atoms with E-state index in [0.29, 0.717) is 18.7 Å². The van der Waals surface area contributed by atoms with Crippen LogP contribution in [0.25, 0.3) is 11.1 Å². The van der Waals surface area contributed by atoms with Crippen LogP contribution in [-0.2, 0) is 13.1 Å². The molecule has 0 bridgehead atoms. The maximum absolute atomic E-state index is 13.1. The van der Waals surface area contributed by atoms with Crippen LogP contribution in [0.5, 0.6) is 0 Å². The second kappa shape index (κ2) is 7.72. The summed E-state index contributed by atoms with van der Waals surface area (Å²) in [5.74, 6) is 0.0245. The maximum Gasteiger partial charge on any atom is 0.254 e. The smallest absolute Gasteiger partial charge is 0.254 e. The minimum absolute atomic E-state index is 0.0245. The van der Waals surface area contributed by atoms with Crippen LogP contribution in [0.3, 0.4) is 0 Å². The molecule has 0 atom stereocenters. The number of hydrogen-bond donors (Lipinski definition) is 0. The molecule has 0 aliphatic rings. The summed E-state index contributed by atoms with van der Waals surface area (Å²) in [5.41, 5.74) is 4.00. The van der Waals surface area contributed by atoms with E-state index in [-0.39, 0.29) is 5.91 Å². The van der Waals surface area contributed by atoms with Crippen LogP contribution in [0.15, 0.2) is 81.6 Å². The molecule has 0 aliphatic carbocycles. The van der Waals surface area contributed by atoms with Crippen LogP contribution >= 0.6 is 22.7 Å². The summed E-state index contributed by atoms with van der Waals surface area (Å²) in [4.78, 5) is 16.1. The van der Waals surface area contributed by atoms with E-state index >= 15 is 0 Å². The second-order valence-electron chi connectivity index (χ2n) is 5.96. The lowest BCUT2D eigenvalue weighted by Crippen LogP contribution is -2.29. The third-order valence-corrected chi connectivity index (χ3v) is 5.70. The van der Waals surface area contributed by atoms with E-state index in [4.69, 9.17) is 4.42 Å². The van der Waals surface area contributed by atoms with Crippen molar-refractivity contribution in [3.8, 4) is 11.1 Å². The first-order valence-corrected chi connectivity index (χ1v) is 10.1. The Hall–Kier alpha value is -2.63. The molecule has 26 heavy (non-hydrogen) atoms. The number of carbonyl (C=O) groups excluding carboxylic acids is 1. The summed E-state index contributed by atoms with van der Waals surface area (Å²) in [6, 6.07) is 15.9. The monoisotopic (exact) mass is 379 g/mol. The fourth-order valence-corrected chi connectivity index (χ4v) is 4.19. The highest BCUT2D eigenvalue weighted by Crippen LogP contribution is 2.23. The molecule has 0 radical (unpaired) electrons. The molecule has 0 aliphatic heterocycles. The number of benzene rings is 1. The molecular weight excluding hydrogens is 362 g/mol. The molecule has 130 valence electrons. The first-order valence-electron chi connectivity index (χ1n) is 8.25. The van der Waals surface area contributed by atoms with Gasteiger partial charge in [-0.3, -0.25) is 4.79 Å². The Labute approximate surface area is 160 Å². The van der Waals surface area contributed by atoms with Gasteiger partial charge in [0.1, 0.15) is 0 Å². The number of carbonyl (C=O) groups is 1. The summed E-state index contributed by atoms with van der Waals surface area (Å²) in [5, 5.41) is 6.20. The van der Waals surface area contributed by atoms with Crippen LogP contribution in [-0.4, -0.2) is 10.8 Å². The summed E-state index contributed by atoms with van der Waals surface area (Å²) in [6.45, 7) is 1.12. The molecule has 3 aromatic heterocycles. The van der Waals surface area contributed by atoms with E-state index in [2.05, 4.69) is 22.9 Å². The number of thiophene rings is 2. The molecule has 3 heterocycles. The van der Waals surface area contributed by atoms with E-state index in [9.17, 15) is 4.79 Å². The minimum atomic E-state index is 0.0245. The molecule has 1 aromatic carbocycles. The van der Waals surface area contributed by atoms with Gasteiger partial charge in [-0.05, 0) is 57.6 Å². The zero-order valence-corrected chi connectivity index (χ0v) is 15.6. The number of furan rings is 1. The maximum atomic E-state index is 13.1. The SMILES string of the molecule is O=C(c1ccc(-c2ccsc2)cc1)N(Cc1ccoc1)Cc1cccs1. The van der Waals surface area contributed by atoms with Crippen molar-refractivity contribution in [1.29, 1.82) is 0 Å². The molecule has 0 spiro atoms. The quantitative estimate of drug-likeness (QED) is 0.417. The van der Waals surface area contributed by atoms with Gasteiger partial charge in [-0.2, -0.15) is 11.3 Å². The van der Waals surface area contributed by atoms with Gasteiger partial charge in [0.05, 0.1) is 19.1 Å². The van der Waals surface area contributed by atoms with Gasteiger partial charge in [0, 0.05) is 22.5 Å². The van der Waals surface area contributed by atoms with Crippen LogP contribution in [0, 0.1) is 0 Å². The average molecular weight is 380 g/mol. The van der Waals surface area contributed by atoms with Gasteiger partial charge in [0.25, 0.3) is 5.91 Å². The molecule has 0 saturated carbocycles. The van der Waals surface area contributed by atoms with E-state index in [1.54, 1.807) is 35.2 Å². The molecule has 3 nitrogen and oxygen atoms in total. The van der Waals surface area contributed by atoms with Gasteiger partial charge in [0.15, 0.2) is 0 Å². The Morgan fingerprint density at radius 3 is 2.50 bits per heavy atom. The molecule has 0 saturated heterocycles. The number of amides is 1. The molecule has 5 heteroatoms. The number of nitrogens with zero attached hydrogens (tertiary/aromatic N) is 1. The van der Waals surface area contributed by atoms with Crippen LogP contribution in [0.4, 0.5) is 0 Å². The van der Waals surface area contributed by atoms with Gasteiger partial charge in [0.2, 0.25) is 0 Å². The fraction of sp³-hybridized carbons (Fsp3) is 0.0952. The van der Waals surface area contributed by atoms with Crippen molar-refractivity contribution in [3.05, 3.63) is 93.2 Å². The van der Waals surface area contributed by atoms with E-state index in [1.165, 1.54) is 5.56 Å². The average Bonchev–Trinajstić information content (AvgIpc) is 3.43. The summed E-state index contributed by atoms with van der Waals surface area (Å²) < 4.78 is 5.16. The van der Waals surface area contributed by atoms with Gasteiger partial charge in [-0.25, -0.2) is 0 Å². The highest BCUT2D eigenvalue weighted by molar-refractivity contribution is 7.09. The Morgan fingerprint density at radius 1 is 0.962 bits per heavy atom. The molecule has 0 unspecified atom stereocenters. The van der Waals surface area contributed by atoms with Gasteiger partial charge in [-0.1, -0.05) is 18.2 Å². The summed E-state index contributed by atoms with van der Waals surface area (Å²) in [7, 11) is 0. The van der Waals surface area contributed by atoms with E-state index in [0.717, 1.165) is 16.0 Å². The van der Waals surface area contributed by atoms with Crippen molar-refractivity contribution < 1.29 is 9.21 Å². The fourth-order valence-electron chi connectivity index (χ4n) is 2.81. The normalized spacial score (nSPS) is 10.8. The highest BCUT2D eigenvalue weighted by atomic mass is 32.1. The third kappa shape index (κ3) is 3.79. The minimum Gasteiger partial charge on any atom is -0.472 e. The topological polar surface area (TPSA) is 33.5 Å². The van der Waals surface area contributed by atoms with Crippen LogP contribution in [0.2, 0.25) is 0 Å². The Morgan fingerprint density at radius 2 is 1.85 bits per heavy atom. The van der Waals surface area contributed by atoms with E-state index in [1.807, 2.05) is 46.7 Å². The van der Waals surface area contributed by atoms with Crippen molar-refractivity contribution in [3.63, 3.8) is 0 Å². The van der Waals surface area contributed by atoms with Crippen molar-refractivity contribution in [2.75, 3.05) is 0 Å². The first kappa shape index (κ1) is 16.8.